The summed E-state index contributed by atoms with van der Waals surface area (Å²) in [6.07, 6.45) is 19.1. The SMILES string of the molecule is C=CCC(=O)NCCCN1C(=O)C=CC1=O.C=CCC(=O)NCCCN1C(=O)CC(C)C1=O.C=CCC(=O)NCCCN1C(=O)CC(C)C1=O.C=CNC(=O)CBr.C=CNC(=O)CBr.C=CNC(=O)CC.CCCC(=O)NC(CSCC(COC(=O)CCC)OC(=O)CCC)C(=O)NC(C)C(=O)NCC(=O)NCCN1C(=O)C=CC1=O.CCCC(=O)OCC(COP(=O)([O-])OCCNC(=O)CBr)OC(=O)CCC. The second-order valence-corrected chi connectivity index (χ2v) is 34.3. The van der Waals surface area contributed by atoms with Crippen LogP contribution in [-0.2, 0) is 143 Å². The van der Waals surface area contributed by atoms with Crippen molar-refractivity contribution in [1.82, 2.24) is 78.1 Å². The molecule has 2 fully saturated rings. The van der Waals surface area contributed by atoms with Crippen LogP contribution in [0, 0.1) is 11.8 Å². The molecule has 19 amide bonds. The Morgan fingerprint density at radius 3 is 1.17 bits per heavy atom. The number of hydrogen-bond acceptors (Lipinski definition) is 32. The predicted molar refractivity (Wildman–Crippen MR) is 538 cm³/mol. The molecule has 0 radical (unpaired) electrons. The van der Waals surface area contributed by atoms with Gasteiger partial charge in [-0.2, -0.15) is 11.8 Å². The Balaban J connectivity index is -0.000000842. The molecule has 0 saturated carbocycles. The van der Waals surface area contributed by atoms with Crippen LogP contribution in [-0.4, -0.2) is 299 Å². The highest BCUT2D eigenvalue weighted by Crippen LogP contribution is 2.38. The van der Waals surface area contributed by atoms with Gasteiger partial charge in [-0.15, -0.1) is 19.7 Å². The second-order valence-electron chi connectivity index (χ2n) is 30.2. The predicted octanol–water partition coefficient (Wildman–Crippen LogP) is 3.64. The molecule has 143 heavy (non-hydrogen) atoms. The number of thioether (sulfide) groups is 1. The number of imide groups is 4. The normalized spacial score (nSPS) is 14.5. The largest absolute Gasteiger partial charge is 0.756 e. The molecule has 7 unspecified atom stereocenters. The molecule has 0 bridgehead atoms. The van der Waals surface area contributed by atoms with Gasteiger partial charge in [0.25, 0.3) is 31.5 Å². The number of phosphoric ester groups is 1. The number of rotatable bonds is 61. The summed E-state index contributed by atoms with van der Waals surface area (Å²) in [5.74, 6) is -6.97. The number of carbonyl (C=O) groups is 23. The summed E-state index contributed by atoms with van der Waals surface area (Å²) in [6.45, 7) is 36.7. The lowest BCUT2D eigenvalue weighted by atomic mass is 10.1. The molecule has 4 aliphatic heterocycles. The molecule has 0 aliphatic carbocycles. The van der Waals surface area contributed by atoms with Crippen LogP contribution >= 0.6 is 67.4 Å². The zero-order valence-electron chi connectivity index (χ0n) is 82.8. The van der Waals surface area contributed by atoms with Crippen molar-refractivity contribution in [3.05, 3.63) is 101 Å². The van der Waals surface area contributed by atoms with Crippen LogP contribution < -0.4 is 63.4 Å². The zero-order chi connectivity index (χ0) is 109. The number of alkyl halides is 3. The van der Waals surface area contributed by atoms with Gasteiger partial charge in [-0.25, -0.2) is 0 Å². The maximum absolute atomic E-state index is 13.1. The number of amides is 19. The Kier molecular flexibility index (Phi) is 82.8. The summed E-state index contributed by atoms with van der Waals surface area (Å²) in [5, 5.41) is 28.4. The lowest BCUT2D eigenvalue weighted by Gasteiger charge is -2.25. The average Bonchev–Trinajstić information content (AvgIpc) is 1.70. The van der Waals surface area contributed by atoms with Crippen LogP contribution in [0.1, 0.15) is 184 Å². The maximum atomic E-state index is 13.1. The van der Waals surface area contributed by atoms with Crippen LogP contribution in [0.4, 0.5) is 0 Å². The van der Waals surface area contributed by atoms with Gasteiger partial charge in [0.1, 0.15) is 31.4 Å². The minimum absolute atomic E-state index is 0.00318. The van der Waals surface area contributed by atoms with E-state index < -0.39 is 98.7 Å². The van der Waals surface area contributed by atoms with Crippen LogP contribution in [0.15, 0.2) is 101 Å². The van der Waals surface area contributed by atoms with Crippen LogP contribution in [0.3, 0.4) is 0 Å². The topological polar surface area (TPSA) is 633 Å². The number of hydrogen-bond donors (Lipinski definition) is 11. The van der Waals surface area contributed by atoms with Crippen LogP contribution in [0.2, 0.25) is 0 Å². The molecule has 0 aromatic rings. The van der Waals surface area contributed by atoms with Gasteiger partial charge in [-0.3, -0.25) is 134 Å². The molecule has 804 valence electrons. The van der Waals surface area contributed by atoms with Gasteiger partial charge < -0.3 is 91.4 Å². The third kappa shape index (κ3) is 71.5. The van der Waals surface area contributed by atoms with Crippen molar-refractivity contribution in [2.75, 3.05) is 119 Å². The second kappa shape index (κ2) is 86.0. The first-order valence-electron chi connectivity index (χ1n) is 45.9. The number of halogens is 3. The van der Waals surface area contributed by atoms with Gasteiger partial charge in [-0.1, -0.05) is 141 Å². The van der Waals surface area contributed by atoms with Crippen LogP contribution in [0.25, 0.3) is 0 Å². The molecular formula is C92H142Br3N15O31PS-. The maximum Gasteiger partial charge on any atom is 0.306 e. The fourth-order valence-corrected chi connectivity index (χ4v) is 13.0. The molecular weight excluding hydrogens is 2110 g/mol. The first kappa shape index (κ1) is 138. The van der Waals surface area contributed by atoms with E-state index in [0.29, 0.717) is 133 Å². The van der Waals surface area contributed by atoms with E-state index in [2.05, 4.69) is 155 Å². The molecule has 4 heterocycles. The minimum Gasteiger partial charge on any atom is -0.756 e. The fraction of sp³-hybridized carbons (Fsp3) is 0.576. The van der Waals surface area contributed by atoms with Gasteiger partial charge in [0.15, 0.2) is 6.10 Å². The average molecular weight is 2260 g/mol. The Morgan fingerprint density at radius 1 is 0.434 bits per heavy atom. The van der Waals surface area contributed by atoms with E-state index in [-0.39, 0.29) is 189 Å². The first-order chi connectivity index (χ1) is 67.8. The van der Waals surface area contributed by atoms with Gasteiger partial charge in [0.05, 0.1) is 35.7 Å². The van der Waals surface area contributed by atoms with Gasteiger partial charge in [0, 0.05) is 177 Å². The van der Waals surface area contributed by atoms with Gasteiger partial charge in [0.2, 0.25) is 88.6 Å². The Morgan fingerprint density at radius 2 is 0.804 bits per heavy atom. The van der Waals surface area contributed by atoms with Crippen LogP contribution in [0.5, 0.6) is 0 Å². The quantitative estimate of drug-likeness (QED) is 0.00787. The van der Waals surface area contributed by atoms with E-state index in [4.69, 9.17) is 18.9 Å². The van der Waals surface area contributed by atoms with E-state index in [1.54, 1.807) is 34.6 Å². The molecule has 51 heteroatoms. The number of ether oxygens (including phenoxy) is 4. The Bertz CT molecular complexity index is 4140. The zero-order valence-corrected chi connectivity index (χ0v) is 89.3. The van der Waals surface area contributed by atoms with Crippen molar-refractivity contribution in [2.45, 2.75) is 209 Å². The standard InChI is InChI=1S/C29H45N5O10S.C15H27BrNO9P.2C12H18N2O3.C11H14N2O3.C5H9NO.2C4H6BrNO/c1-5-8-22(35)33-21(18-45-17-20(44-27(40)10-7-3)16-43-26(39)9-6-2)29(42)32-19(4)28(41)31-15-23(36)30-13-14-34-24(37)11-12-25(34)38;1-3-5-14(19)23-10-12(26-15(20)6-4-2)11-25-27(21,22)24-8-7-17-13(18)9-16;2*1-3-5-10(15)13-6-4-7-14-11(16)8-9(2)12(14)17;1-2-4-9(14)12-7-3-8-13-10(15)5-6-11(13)16;1-3-5(7)6-4-2;2*1-2-6-4(7)3-5/h11-12,19-21H,5-10,13-18H2,1-4H3,(H,30,36)(H,31,41)(H,32,42)(H,33,35);12H,3-11H2,1-2H3,(H,17,18)(H,21,22);2*3,9H,1,4-8H2,2H3,(H,13,15);2,5-6H,1,3-4,7-8H2,(H,12,14);4H,2-3H2,1H3,(H,6,7);2*2H,1,3H2,(H,6,7)/p-1. The summed E-state index contributed by atoms with van der Waals surface area (Å²) in [4.78, 5) is 279. The first-order valence-corrected chi connectivity index (χ1v) is 51.9. The van der Waals surface area contributed by atoms with E-state index in [0.717, 1.165) is 22.0 Å². The summed E-state index contributed by atoms with van der Waals surface area (Å²) >= 11 is 10.1. The fourth-order valence-electron chi connectivity index (χ4n) is 10.7. The number of esters is 4. The lowest BCUT2D eigenvalue weighted by molar-refractivity contribution is -0.228. The molecule has 2 saturated heterocycles. The summed E-state index contributed by atoms with van der Waals surface area (Å²) < 4.78 is 41.7. The number of carbonyl (C=O) groups excluding carboxylic acids is 23. The van der Waals surface area contributed by atoms with E-state index in [9.17, 15) is 120 Å². The molecule has 46 nitrogen and oxygen atoms in total. The number of likely N-dealkylation sites (tertiary alicyclic amines) is 2. The molecule has 4 rings (SSSR count). The van der Waals surface area contributed by atoms with Crippen molar-refractivity contribution in [1.29, 1.82) is 0 Å². The van der Waals surface area contributed by atoms with E-state index in [1.807, 2.05) is 20.8 Å². The highest BCUT2D eigenvalue weighted by atomic mass is 79.9. The highest BCUT2D eigenvalue weighted by Gasteiger charge is 2.37. The van der Waals surface area contributed by atoms with E-state index >= 15 is 0 Å². The van der Waals surface area contributed by atoms with Crippen molar-refractivity contribution in [3.8, 4) is 0 Å². The third-order valence-corrected chi connectivity index (χ3v) is 21.4. The lowest BCUT2D eigenvalue weighted by Crippen LogP contribution is -2.54. The molecule has 4 aliphatic rings. The van der Waals surface area contributed by atoms with Crippen molar-refractivity contribution in [2.24, 2.45) is 11.8 Å². The van der Waals surface area contributed by atoms with Crippen molar-refractivity contribution >= 4 is 203 Å². The van der Waals surface area contributed by atoms with Crippen molar-refractivity contribution < 1.29 is 148 Å². The smallest absolute Gasteiger partial charge is 0.306 e. The minimum atomic E-state index is -4.68. The van der Waals surface area contributed by atoms with E-state index in [1.165, 1.54) is 77.5 Å². The monoisotopic (exact) mass is 2250 g/mol. The van der Waals surface area contributed by atoms with Crippen molar-refractivity contribution in [3.63, 3.8) is 0 Å². The Hall–Kier alpha value is -11.6. The molecule has 7 atom stereocenters. The summed E-state index contributed by atoms with van der Waals surface area (Å²) in [6, 6.07) is -2.10. The molecule has 0 spiro atoms. The summed E-state index contributed by atoms with van der Waals surface area (Å²) in [7, 11) is -4.68. The highest BCUT2D eigenvalue weighted by molar-refractivity contribution is 9.09. The third-order valence-electron chi connectivity index (χ3n) is 17.8. The number of nitrogens with one attached hydrogen (secondary N) is 11. The molecule has 11 N–H and O–H groups in total. The van der Waals surface area contributed by atoms with Gasteiger partial charge in [-0.05, 0) is 76.9 Å². The molecule has 0 aromatic heterocycles. The summed E-state index contributed by atoms with van der Waals surface area (Å²) in [5.41, 5.74) is 0. The van der Waals surface area contributed by atoms with Gasteiger partial charge >= 0.3 is 23.9 Å². The molecule has 0 aromatic carbocycles. The number of nitrogens with zero attached hydrogens (tertiary/aromatic N) is 4. The Labute approximate surface area is 864 Å². The number of phosphoric acid groups is 1.